The van der Waals surface area contributed by atoms with Gasteiger partial charge >= 0.3 is 0 Å². The molecule has 112 valence electrons. The molecular formula is C11H24N4O3S. The second-order valence-electron chi connectivity index (χ2n) is 4.71. The highest BCUT2D eigenvalue weighted by Gasteiger charge is 2.23. The van der Waals surface area contributed by atoms with Crippen LogP contribution in [0.3, 0.4) is 0 Å². The lowest BCUT2D eigenvalue weighted by atomic mass is 10.1. The van der Waals surface area contributed by atoms with Crippen molar-refractivity contribution in [1.29, 1.82) is 5.41 Å². The zero-order chi connectivity index (χ0) is 14.3. The van der Waals surface area contributed by atoms with Gasteiger partial charge in [-0.1, -0.05) is 0 Å². The third-order valence-corrected chi connectivity index (χ3v) is 4.42. The maximum Gasteiger partial charge on any atom is 0.214 e. The van der Waals surface area contributed by atoms with Gasteiger partial charge in [-0.2, -0.15) is 0 Å². The van der Waals surface area contributed by atoms with Crippen molar-refractivity contribution in [1.82, 2.24) is 9.62 Å². The molecule has 7 nitrogen and oxygen atoms in total. The molecule has 0 aromatic heterocycles. The van der Waals surface area contributed by atoms with E-state index in [9.17, 15) is 8.42 Å². The first kappa shape index (κ1) is 16.4. The van der Waals surface area contributed by atoms with E-state index in [1.165, 1.54) is 0 Å². The van der Waals surface area contributed by atoms with Gasteiger partial charge in [0.05, 0.1) is 18.9 Å². The summed E-state index contributed by atoms with van der Waals surface area (Å²) in [5, 5.41) is 7.23. The van der Waals surface area contributed by atoms with Crippen LogP contribution < -0.4 is 10.5 Å². The van der Waals surface area contributed by atoms with Crippen molar-refractivity contribution in [2.75, 3.05) is 38.6 Å². The Kier molecular flexibility index (Phi) is 6.70. The Balaban J connectivity index is 2.30. The van der Waals surface area contributed by atoms with Gasteiger partial charge in [-0.25, -0.2) is 13.1 Å². The molecule has 0 radical (unpaired) electrons. The lowest BCUT2D eigenvalue weighted by Crippen LogP contribution is -2.47. The molecule has 0 spiro atoms. The Bertz CT molecular complexity index is 377. The number of piperidine rings is 1. The smallest absolute Gasteiger partial charge is 0.214 e. The monoisotopic (exact) mass is 292 g/mol. The first-order valence-electron chi connectivity index (χ1n) is 6.56. The van der Waals surface area contributed by atoms with Crippen molar-refractivity contribution < 1.29 is 13.2 Å². The maximum absolute atomic E-state index is 11.8. The molecule has 1 saturated heterocycles. The Morgan fingerprint density at radius 3 is 2.63 bits per heavy atom. The average molecular weight is 292 g/mol. The summed E-state index contributed by atoms with van der Waals surface area (Å²) in [6.45, 7) is 4.58. The maximum atomic E-state index is 11.8. The highest BCUT2D eigenvalue weighted by atomic mass is 32.2. The number of sulfonamides is 1. The molecule has 1 aliphatic heterocycles. The van der Waals surface area contributed by atoms with E-state index >= 15 is 0 Å². The van der Waals surface area contributed by atoms with Crippen LogP contribution >= 0.6 is 0 Å². The first-order valence-corrected chi connectivity index (χ1v) is 8.21. The molecule has 0 atom stereocenters. The Hall–Kier alpha value is -0.700. The minimum absolute atomic E-state index is 0.00843. The van der Waals surface area contributed by atoms with Gasteiger partial charge in [-0.15, -0.1) is 0 Å². The number of amidine groups is 1. The third kappa shape index (κ3) is 6.86. The Morgan fingerprint density at radius 1 is 1.47 bits per heavy atom. The van der Waals surface area contributed by atoms with Gasteiger partial charge in [0.1, 0.15) is 5.84 Å². The van der Waals surface area contributed by atoms with Crippen LogP contribution in [0, 0.1) is 5.41 Å². The Morgan fingerprint density at radius 2 is 2.11 bits per heavy atom. The van der Waals surface area contributed by atoms with Crippen molar-refractivity contribution in [3.05, 3.63) is 0 Å². The van der Waals surface area contributed by atoms with Crippen LogP contribution in [0.1, 0.15) is 19.8 Å². The lowest BCUT2D eigenvalue weighted by Gasteiger charge is -2.31. The zero-order valence-corrected chi connectivity index (χ0v) is 12.2. The van der Waals surface area contributed by atoms with Gasteiger partial charge in [0.25, 0.3) is 0 Å². The fraction of sp³-hybridized carbons (Fsp3) is 0.909. The highest BCUT2D eigenvalue weighted by Crippen LogP contribution is 2.10. The van der Waals surface area contributed by atoms with E-state index in [-0.39, 0.29) is 24.2 Å². The number of likely N-dealkylation sites (tertiary alicyclic amines) is 1. The van der Waals surface area contributed by atoms with E-state index < -0.39 is 10.0 Å². The van der Waals surface area contributed by atoms with Crippen LogP contribution in [0.15, 0.2) is 0 Å². The second kappa shape index (κ2) is 7.78. The molecular weight excluding hydrogens is 268 g/mol. The molecule has 1 heterocycles. The van der Waals surface area contributed by atoms with Crippen molar-refractivity contribution in [3.8, 4) is 0 Å². The van der Waals surface area contributed by atoms with Crippen molar-refractivity contribution >= 4 is 15.9 Å². The van der Waals surface area contributed by atoms with Crippen LogP contribution in [-0.4, -0.2) is 63.8 Å². The van der Waals surface area contributed by atoms with Crippen molar-refractivity contribution in [2.24, 2.45) is 5.73 Å². The van der Waals surface area contributed by atoms with Gasteiger partial charge in [0.2, 0.25) is 10.0 Å². The van der Waals surface area contributed by atoms with Gasteiger partial charge in [-0.05, 0) is 19.8 Å². The summed E-state index contributed by atoms with van der Waals surface area (Å²) in [6, 6.07) is -0.0187. The minimum Gasteiger partial charge on any atom is -0.387 e. The van der Waals surface area contributed by atoms with E-state index in [2.05, 4.69) is 9.62 Å². The van der Waals surface area contributed by atoms with Gasteiger partial charge in [0.15, 0.2) is 0 Å². The van der Waals surface area contributed by atoms with E-state index in [4.69, 9.17) is 15.9 Å². The highest BCUT2D eigenvalue weighted by molar-refractivity contribution is 7.89. The van der Waals surface area contributed by atoms with E-state index in [0.29, 0.717) is 13.2 Å². The number of hydrogen-bond donors (Lipinski definition) is 3. The molecule has 1 fully saturated rings. The molecule has 0 aliphatic carbocycles. The molecule has 4 N–H and O–H groups in total. The van der Waals surface area contributed by atoms with Crippen LogP contribution in [-0.2, 0) is 14.8 Å². The summed E-state index contributed by atoms with van der Waals surface area (Å²) in [5.74, 6) is 0.157. The summed E-state index contributed by atoms with van der Waals surface area (Å²) in [6.07, 6.45) is 1.50. The quantitative estimate of drug-likeness (QED) is 0.313. The Labute approximate surface area is 115 Å². The van der Waals surface area contributed by atoms with E-state index in [0.717, 1.165) is 25.9 Å². The standard InChI is InChI=1S/C11H24N4O3S/c1-2-18-7-8-19(16,17)14-10-3-5-15(6-4-10)9-11(12)13/h10,14H,2-9H2,1H3,(H3,12,13). The molecule has 1 aliphatic rings. The van der Waals surface area contributed by atoms with Crippen molar-refractivity contribution in [3.63, 3.8) is 0 Å². The van der Waals surface area contributed by atoms with Crippen molar-refractivity contribution in [2.45, 2.75) is 25.8 Å². The SMILES string of the molecule is CCOCCS(=O)(=O)NC1CCN(CC(=N)N)CC1. The predicted molar refractivity (Wildman–Crippen MR) is 74.8 cm³/mol. The number of nitrogens with two attached hydrogens (primary N) is 1. The van der Waals surface area contributed by atoms with E-state index in [1.807, 2.05) is 6.92 Å². The molecule has 0 aromatic carbocycles. The summed E-state index contributed by atoms with van der Waals surface area (Å²) < 4.78 is 31.3. The number of nitrogens with one attached hydrogen (secondary N) is 2. The van der Waals surface area contributed by atoms with Gasteiger partial charge in [0, 0.05) is 25.7 Å². The molecule has 0 aromatic rings. The number of nitrogens with zero attached hydrogens (tertiary/aromatic N) is 1. The van der Waals surface area contributed by atoms with Crippen LogP contribution in [0.25, 0.3) is 0 Å². The molecule has 0 unspecified atom stereocenters. The molecule has 0 saturated carbocycles. The largest absolute Gasteiger partial charge is 0.387 e. The first-order chi connectivity index (χ1) is 8.93. The fourth-order valence-corrected chi connectivity index (χ4v) is 3.27. The van der Waals surface area contributed by atoms with Crippen LogP contribution in [0.4, 0.5) is 0 Å². The third-order valence-electron chi connectivity index (χ3n) is 3.03. The second-order valence-corrected chi connectivity index (χ2v) is 6.58. The number of ether oxygens (including phenoxy) is 1. The van der Waals surface area contributed by atoms with Crippen LogP contribution in [0.5, 0.6) is 0 Å². The topological polar surface area (TPSA) is 109 Å². The normalized spacial score (nSPS) is 18.6. The average Bonchev–Trinajstić information content (AvgIpc) is 2.31. The van der Waals surface area contributed by atoms with Gasteiger partial charge in [-0.3, -0.25) is 10.3 Å². The number of hydrogen-bond acceptors (Lipinski definition) is 5. The summed E-state index contributed by atoms with van der Waals surface area (Å²) in [4.78, 5) is 2.06. The summed E-state index contributed by atoms with van der Waals surface area (Å²) >= 11 is 0. The molecule has 0 bridgehead atoms. The number of rotatable bonds is 8. The van der Waals surface area contributed by atoms with E-state index in [1.54, 1.807) is 0 Å². The molecule has 0 amide bonds. The van der Waals surface area contributed by atoms with Gasteiger partial charge < -0.3 is 10.5 Å². The van der Waals surface area contributed by atoms with Crippen LogP contribution in [0.2, 0.25) is 0 Å². The molecule has 1 rings (SSSR count). The molecule has 19 heavy (non-hydrogen) atoms. The zero-order valence-electron chi connectivity index (χ0n) is 11.4. The summed E-state index contributed by atoms with van der Waals surface area (Å²) in [7, 11) is -3.25. The molecule has 8 heteroatoms. The minimum atomic E-state index is -3.25. The lowest BCUT2D eigenvalue weighted by molar-refractivity contribution is 0.163. The fourth-order valence-electron chi connectivity index (χ4n) is 2.08. The summed E-state index contributed by atoms with van der Waals surface area (Å²) in [5.41, 5.74) is 5.34. The predicted octanol–water partition coefficient (Wildman–Crippen LogP) is -0.657.